The van der Waals surface area contributed by atoms with E-state index in [2.05, 4.69) is 48.0 Å². The number of hydrogen-bond donors (Lipinski definition) is 3. The van der Waals surface area contributed by atoms with E-state index in [0.717, 1.165) is 11.4 Å². The summed E-state index contributed by atoms with van der Waals surface area (Å²) in [5.74, 6) is 7.21. The molecule has 0 amide bonds. The minimum atomic E-state index is 0.0884. The SMILES string of the molecule is CC(C)c1c(NN)ncnc1N(CCO)C(C)C. The molecule has 1 heterocycles. The molecule has 4 N–H and O–H groups in total. The molecule has 1 aromatic heterocycles. The summed E-state index contributed by atoms with van der Waals surface area (Å²) in [5, 5.41) is 9.18. The second-order valence-corrected chi connectivity index (χ2v) is 4.77. The lowest BCUT2D eigenvalue weighted by Gasteiger charge is -2.30. The minimum Gasteiger partial charge on any atom is -0.395 e. The van der Waals surface area contributed by atoms with Crippen LogP contribution in [0.25, 0.3) is 0 Å². The highest BCUT2D eigenvalue weighted by molar-refractivity contribution is 5.60. The second-order valence-electron chi connectivity index (χ2n) is 4.77. The van der Waals surface area contributed by atoms with E-state index in [1.807, 2.05) is 0 Å². The highest BCUT2D eigenvalue weighted by atomic mass is 16.3. The number of aliphatic hydroxyl groups is 1. The first kappa shape index (κ1) is 14.7. The van der Waals surface area contributed by atoms with Crippen molar-refractivity contribution in [2.75, 3.05) is 23.5 Å². The molecule has 0 aliphatic rings. The summed E-state index contributed by atoms with van der Waals surface area (Å²) < 4.78 is 0. The van der Waals surface area contributed by atoms with Gasteiger partial charge in [-0.05, 0) is 19.8 Å². The summed E-state index contributed by atoms with van der Waals surface area (Å²) in [7, 11) is 0. The van der Waals surface area contributed by atoms with Gasteiger partial charge in [0.15, 0.2) is 0 Å². The number of hydrazine groups is 1. The van der Waals surface area contributed by atoms with Gasteiger partial charge < -0.3 is 15.4 Å². The van der Waals surface area contributed by atoms with Crippen molar-refractivity contribution in [1.82, 2.24) is 9.97 Å². The highest BCUT2D eigenvalue weighted by Gasteiger charge is 2.20. The monoisotopic (exact) mass is 253 g/mol. The maximum Gasteiger partial charge on any atom is 0.148 e. The van der Waals surface area contributed by atoms with Crippen molar-refractivity contribution in [2.24, 2.45) is 5.84 Å². The minimum absolute atomic E-state index is 0.0884. The zero-order chi connectivity index (χ0) is 13.7. The molecule has 0 saturated carbocycles. The van der Waals surface area contributed by atoms with Crippen LogP contribution in [0.2, 0.25) is 0 Å². The van der Waals surface area contributed by atoms with Crippen molar-refractivity contribution in [2.45, 2.75) is 39.7 Å². The van der Waals surface area contributed by atoms with Crippen LogP contribution in [-0.2, 0) is 0 Å². The fourth-order valence-electron chi connectivity index (χ4n) is 1.98. The molecule has 0 bridgehead atoms. The zero-order valence-electron chi connectivity index (χ0n) is 11.5. The van der Waals surface area contributed by atoms with Gasteiger partial charge in [-0.1, -0.05) is 13.8 Å². The lowest BCUT2D eigenvalue weighted by Crippen LogP contribution is -2.35. The van der Waals surface area contributed by atoms with E-state index in [9.17, 15) is 5.11 Å². The summed E-state index contributed by atoms with van der Waals surface area (Å²) in [6, 6.07) is 0.246. The predicted molar refractivity (Wildman–Crippen MR) is 73.5 cm³/mol. The zero-order valence-corrected chi connectivity index (χ0v) is 11.5. The Morgan fingerprint density at radius 2 is 2.00 bits per heavy atom. The van der Waals surface area contributed by atoms with Gasteiger partial charge in [-0.2, -0.15) is 0 Å². The Balaban J connectivity index is 3.28. The van der Waals surface area contributed by atoms with E-state index in [1.165, 1.54) is 6.33 Å². The fourth-order valence-corrected chi connectivity index (χ4v) is 1.98. The van der Waals surface area contributed by atoms with Gasteiger partial charge >= 0.3 is 0 Å². The average molecular weight is 253 g/mol. The van der Waals surface area contributed by atoms with Crippen molar-refractivity contribution >= 4 is 11.6 Å². The number of nitrogens with two attached hydrogens (primary N) is 1. The Kier molecular flexibility index (Phi) is 5.30. The molecule has 1 rings (SSSR count). The molecular weight excluding hydrogens is 230 g/mol. The van der Waals surface area contributed by atoms with Crippen LogP contribution in [0, 0.1) is 0 Å². The topological polar surface area (TPSA) is 87.3 Å². The average Bonchev–Trinajstić information content (AvgIpc) is 2.34. The summed E-state index contributed by atoms with van der Waals surface area (Å²) in [6.45, 7) is 8.90. The molecule has 0 unspecified atom stereocenters. The third-order valence-corrected chi connectivity index (χ3v) is 2.81. The van der Waals surface area contributed by atoms with Crippen LogP contribution in [0.4, 0.5) is 11.6 Å². The molecule has 0 radical (unpaired) electrons. The lowest BCUT2D eigenvalue weighted by molar-refractivity contribution is 0.298. The first-order chi connectivity index (χ1) is 8.52. The maximum absolute atomic E-state index is 9.18. The van der Waals surface area contributed by atoms with Gasteiger partial charge in [-0.15, -0.1) is 0 Å². The Morgan fingerprint density at radius 3 is 2.44 bits per heavy atom. The standard InChI is InChI=1S/C12H23N5O/c1-8(2)10-11(16-13)14-7-15-12(10)17(5-6-18)9(3)4/h7-9,18H,5-6,13H2,1-4H3,(H,14,15,16). The lowest BCUT2D eigenvalue weighted by atomic mass is 10.0. The van der Waals surface area contributed by atoms with E-state index < -0.39 is 0 Å². The number of nitrogens with one attached hydrogen (secondary N) is 1. The van der Waals surface area contributed by atoms with Gasteiger partial charge in [0.05, 0.1) is 6.61 Å². The van der Waals surface area contributed by atoms with Crippen LogP contribution in [0.3, 0.4) is 0 Å². The number of aliphatic hydroxyl groups excluding tert-OH is 1. The highest BCUT2D eigenvalue weighted by Crippen LogP contribution is 2.31. The largest absolute Gasteiger partial charge is 0.395 e. The van der Waals surface area contributed by atoms with Crippen LogP contribution in [-0.4, -0.2) is 34.3 Å². The number of hydrogen-bond acceptors (Lipinski definition) is 6. The maximum atomic E-state index is 9.18. The van der Waals surface area contributed by atoms with Gasteiger partial charge in [-0.25, -0.2) is 15.8 Å². The molecule has 0 aromatic carbocycles. The van der Waals surface area contributed by atoms with Gasteiger partial charge in [-0.3, -0.25) is 0 Å². The van der Waals surface area contributed by atoms with Crippen molar-refractivity contribution in [3.63, 3.8) is 0 Å². The molecule has 102 valence electrons. The van der Waals surface area contributed by atoms with E-state index >= 15 is 0 Å². The molecule has 0 spiro atoms. The number of rotatable bonds is 6. The molecule has 0 aliphatic heterocycles. The molecule has 6 nitrogen and oxygen atoms in total. The Bertz CT molecular complexity index is 381. The van der Waals surface area contributed by atoms with E-state index in [1.54, 1.807) is 0 Å². The Labute approximate surface area is 108 Å². The summed E-state index contributed by atoms with van der Waals surface area (Å²) in [4.78, 5) is 10.6. The van der Waals surface area contributed by atoms with Gasteiger partial charge in [0.1, 0.15) is 18.0 Å². The quantitative estimate of drug-likeness (QED) is 0.519. The molecule has 1 aromatic rings. The molecule has 0 saturated heterocycles. The van der Waals surface area contributed by atoms with Crippen LogP contribution in [0.1, 0.15) is 39.2 Å². The number of nitrogen functional groups attached to an aromatic ring is 1. The van der Waals surface area contributed by atoms with Crippen molar-refractivity contribution in [1.29, 1.82) is 0 Å². The normalized spacial score (nSPS) is 11.1. The molecule has 0 aliphatic carbocycles. The van der Waals surface area contributed by atoms with E-state index in [-0.39, 0.29) is 18.6 Å². The van der Waals surface area contributed by atoms with Gasteiger partial charge in [0.2, 0.25) is 0 Å². The molecule has 6 heteroatoms. The Hall–Kier alpha value is -1.40. The number of aromatic nitrogens is 2. The number of nitrogens with zero attached hydrogens (tertiary/aromatic N) is 3. The van der Waals surface area contributed by atoms with Crippen LogP contribution in [0.5, 0.6) is 0 Å². The van der Waals surface area contributed by atoms with Gasteiger partial charge in [0.25, 0.3) is 0 Å². The first-order valence-corrected chi connectivity index (χ1v) is 6.21. The van der Waals surface area contributed by atoms with Crippen LogP contribution >= 0.6 is 0 Å². The van der Waals surface area contributed by atoms with E-state index in [4.69, 9.17) is 5.84 Å². The summed E-state index contributed by atoms with van der Waals surface area (Å²) in [5.41, 5.74) is 3.59. The predicted octanol–water partition coefficient (Wildman–Crippen LogP) is 1.09. The number of anilines is 2. The fraction of sp³-hybridized carbons (Fsp3) is 0.667. The van der Waals surface area contributed by atoms with Crippen molar-refractivity contribution in [3.8, 4) is 0 Å². The van der Waals surface area contributed by atoms with Gasteiger partial charge in [0, 0.05) is 18.2 Å². The van der Waals surface area contributed by atoms with Crippen LogP contribution < -0.4 is 16.2 Å². The van der Waals surface area contributed by atoms with Crippen molar-refractivity contribution < 1.29 is 5.11 Å². The third kappa shape index (κ3) is 3.08. The molecule has 0 atom stereocenters. The molecule has 18 heavy (non-hydrogen) atoms. The van der Waals surface area contributed by atoms with Crippen LogP contribution in [0.15, 0.2) is 6.33 Å². The first-order valence-electron chi connectivity index (χ1n) is 6.21. The molecular formula is C12H23N5O. The summed E-state index contributed by atoms with van der Waals surface area (Å²) in [6.07, 6.45) is 1.49. The molecule has 0 fully saturated rings. The van der Waals surface area contributed by atoms with Crippen molar-refractivity contribution in [3.05, 3.63) is 11.9 Å². The smallest absolute Gasteiger partial charge is 0.148 e. The van der Waals surface area contributed by atoms with E-state index in [0.29, 0.717) is 12.4 Å². The second kappa shape index (κ2) is 6.51. The summed E-state index contributed by atoms with van der Waals surface area (Å²) >= 11 is 0. The Morgan fingerprint density at radius 1 is 1.33 bits per heavy atom. The third-order valence-electron chi connectivity index (χ3n) is 2.81.